The number of aromatic hydroxyl groups is 1. The van der Waals surface area contributed by atoms with Crippen LogP contribution in [-0.4, -0.2) is 31.2 Å². The van der Waals surface area contributed by atoms with E-state index in [-0.39, 0.29) is 9.23 Å². The highest BCUT2D eigenvalue weighted by Gasteiger charge is 2.33. The smallest absolute Gasteiger partial charge is 0.311 e. The lowest BCUT2D eigenvalue weighted by Crippen LogP contribution is -2.43. The number of nitro groups is 1. The Bertz CT molecular complexity index is 731. The van der Waals surface area contributed by atoms with Crippen LogP contribution in [0.25, 0.3) is 6.08 Å². The zero-order valence-electron chi connectivity index (χ0n) is 11.1. The van der Waals surface area contributed by atoms with Crippen molar-refractivity contribution in [1.29, 1.82) is 0 Å². The summed E-state index contributed by atoms with van der Waals surface area (Å²) in [5.74, 6) is -1.44. The Morgan fingerprint density at radius 1 is 1.55 bits per heavy atom. The van der Waals surface area contributed by atoms with Crippen LogP contribution in [-0.2, 0) is 9.59 Å². The summed E-state index contributed by atoms with van der Waals surface area (Å²) in [5.41, 5.74) is 2.18. The fourth-order valence-corrected chi connectivity index (χ4v) is 2.83. The predicted molar refractivity (Wildman–Crippen MR) is 83.6 cm³/mol. The highest BCUT2D eigenvalue weighted by molar-refractivity contribution is 8.26. The average Bonchev–Trinajstić information content (AvgIpc) is 2.68. The molecular formula is C12H9N3O5S2. The lowest BCUT2D eigenvalue weighted by atomic mass is 10.1. The largest absolute Gasteiger partial charge is 0.502 e. The van der Waals surface area contributed by atoms with Crippen LogP contribution in [0.5, 0.6) is 5.75 Å². The molecule has 1 aliphatic rings. The fourth-order valence-electron chi connectivity index (χ4n) is 1.65. The molecule has 0 aromatic heterocycles. The third-order valence-electron chi connectivity index (χ3n) is 2.56. The lowest BCUT2D eigenvalue weighted by Gasteiger charge is -2.13. The minimum absolute atomic E-state index is 0.153. The number of benzene rings is 1. The van der Waals surface area contributed by atoms with Gasteiger partial charge in [-0.05, 0) is 29.9 Å². The Labute approximate surface area is 133 Å². The molecule has 0 unspecified atom stereocenters. The van der Waals surface area contributed by atoms with Gasteiger partial charge in [0.2, 0.25) is 5.91 Å². The van der Waals surface area contributed by atoms with Gasteiger partial charge in [-0.3, -0.25) is 25.1 Å². The number of nitrogens with one attached hydrogen (secondary N) is 1. The molecule has 0 radical (unpaired) electrons. The molecule has 2 N–H and O–H groups in total. The first-order valence-corrected chi connectivity index (χ1v) is 7.04. The number of phenols is 1. The highest BCUT2D eigenvalue weighted by Crippen LogP contribution is 2.33. The Hall–Kier alpha value is -2.46. The van der Waals surface area contributed by atoms with Crippen molar-refractivity contribution in [2.45, 2.75) is 6.92 Å². The van der Waals surface area contributed by atoms with Crippen LogP contribution in [0, 0.1) is 10.1 Å². The second-order valence-corrected chi connectivity index (χ2v) is 5.87. The molecule has 0 spiro atoms. The highest BCUT2D eigenvalue weighted by atomic mass is 32.2. The Morgan fingerprint density at radius 2 is 2.23 bits per heavy atom. The van der Waals surface area contributed by atoms with Crippen molar-refractivity contribution in [3.05, 3.63) is 38.8 Å². The molecule has 0 aliphatic carbocycles. The van der Waals surface area contributed by atoms with Gasteiger partial charge in [0.05, 0.1) is 9.83 Å². The van der Waals surface area contributed by atoms with Crippen LogP contribution < -0.4 is 5.43 Å². The predicted octanol–water partition coefficient (Wildman–Crippen LogP) is 1.55. The monoisotopic (exact) mass is 339 g/mol. The number of hydrazine groups is 1. The third-order valence-corrected chi connectivity index (χ3v) is 3.86. The van der Waals surface area contributed by atoms with E-state index < -0.39 is 28.2 Å². The summed E-state index contributed by atoms with van der Waals surface area (Å²) in [7, 11) is 0. The molecule has 10 heteroatoms. The Morgan fingerprint density at radius 3 is 2.82 bits per heavy atom. The summed E-state index contributed by atoms with van der Waals surface area (Å²) < 4.78 is 0.153. The van der Waals surface area contributed by atoms with E-state index in [4.69, 9.17) is 12.2 Å². The molecule has 2 amide bonds. The molecule has 1 saturated heterocycles. The van der Waals surface area contributed by atoms with Gasteiger partial charge in [0.25, 0.3) is 5.91 Å². The van der Waals surface area contributed by atoms with Crippen molar-refractivity contribution >= 4 is 51.9 Å². The summed E-state index contributed by atoms with van der Waals surface area (Å²) in [5, 5.41) is 21.1. The maximum atomic E-state index is 12.1. The second-order valence-electron chi connectivity index (χ2n) is 4.19. The number of rotatable bonds is 3. The van der Waals surface area contributed by atoms with Gasteiger partial charge >= 0.3 is 5.69 Å². The number of thiocarbonyl (C=S) groups is 1. The molecule has 1 heterocycles. The van der Waals surface area contributed by atoms with Gasteiger partial charge in [-0.25, -0.2) is 0 Å². The number of thioether (sulfide) groups is 1. The number of carbonyl (C=O) groups excluding carboxylic acids is 2. The van der Waals surface area contributed by atoms with Crippen molar-refractivity contribution in [2.24, 2.45) is 0 Å². The fraction of sp³-hybridized carbons (Fsp3) is 0.0833. The molecule has 1 aromatic rings. The first-order chi connectivity index (χ1) is 10.3. The van der Waals surface area contributed by atoms with Crippen molar-refractivity contribution in [2.75, 3.05) is 0 Å². The van der Waals surface area contributed by atoms with E-state index in [9.17, 15) is 24.8 Å². The quantitative estimate of drug-likeness (QED) is 0.372. The van der Waals surface area contributed by atoms with Crippen LogP contribution in [0.2, 0.25) is 0 Å². The van der Waals surface area contributed by atoms with Crippen molar-refractivity contribution in [3.63, 3.8) is 0 Å². The summed E-state index contributed by atoms with van der Waals surface area (Å²) >= 11 is 5.94. The minimum Gasteiger partial charge on any atom is -0.502 e. The molecule has 1 fully saturated rings. The van der Waals surface area contributed by atoms with E-state index in [1.807, 2.05) is 0 Å². The number of carbonyl (C=O) groups is 2. The van der Waals surface area contributed by atoms with Crippen molar-refractivity contribution in [3.8, 4) is 5.75 Å². The summed E-state index contributed by atoms with van der Waals surface area (Å²) in [6.07, 6.45) is 1.40. The first kappa shape index (κ1) is 15.9. The van der Waals surface area contributed by atoms with Crippen LogP contribution in [0.15, 0.2) is 23.1 Å². The molecule has 8 nitrogen and oxygen atoms in total. The molecular weight excluding hydrogens is 330 g/mol. The van der Waals surface area contributed by atoms with E-state index in [1.54, 1.807) is 0 Å². The van der Waals surface area contributed by atoms with E-state index in [0.29, 0.717) is 5.56 Å². The van der Waals surface area contributed by atoms with E-state index in [2.05, 4.69) is 5.43 Å². The number of hydrogen-bond acceptors (Lipinski definition) is 7. The van der Waals surface area contributed by atoms with E-state index in [0.717, 1.165) is 22.8 Å². The molecule has 22 heavy (non-hydrogen) atoms. The zero-order valence-corrected chi connectivity index (χ0v) is 12.7. The van der Waals surface area contributed by atoms with Gasteiger partial charge in [0.1, 0.15) is 0 Å². The molecule has 0 atom stereocenters. The van der Waals surface area contributed by atoms with Gasteiger partial charge in [-0.1, -0.05) is 17.8 Å². The van der Waals surface area contributed by atoms with Crippen LogP contribution in [0.3, 0.4) is 0 Å². The van der Waals surface area contributed by atoms with Crippen LogP contribution in [0.1, 0.15) is 12.5 Å². The summed E-state index contributed by atoms with van der Waals surface area (Å²) in [6, 6.07) is 3.73. The SMILES string of the molecule is CC(=O)NN1C(=O)C(=Cc2ccc(O)c([N+](=O)[O-])c2)SC1=S. The average molecular weight is 339 g/mol. The third kappa shape index (κ3) is 3.23. The first-order valence-electron chi connectivity index (χ1n) is 5.82. The normalized spacial score (nSPS) is 16.2. The number of amides is 2. The number of hydrogen-bond donors (Lipinski definition) is 2. The van der Waals surface area contributed by atoms with Gasteiger partial charge in [-0.15, -0.1) is 0 Å². The van der Waals surface area contributed by atoms with Crippen molar-refractivity contribution in [1.82, 2.24) is 10.4 Å². The maximum absolute atomic E-state index is 12.1. The van der Waals surface area contributed by atoms with E-state index in [1.165, 1.54) is 25.1 Å². The minimum atomic E-state index is -0.727. The summed E-state index contributed by atoms with van der Waals surface area (Å²) in [4.78, 5) is 33.4. The summed E-state index contributed by atoms with van der Waals surface area (Å²) in [6.45, 7) is 1.24. The van der Waals surface area contributed by atoms with E-state index >= 15 is 0 Å². The van der Waals surface area contributed by atoms with Crippen molar-refractivity contribution < 1.29 is 19.6 Å². The Kier molecular flexibility index (Phi) is 4.43. The van der Waals surface area contributed by atoms with Gasteiger partial charge in [0.15, 0.2) is 10.1 Å². The second kappa shape index (κ2) is 6.12. The zero-order chi connectivity index (χ0) is 16.4. The Balaban J connectivity index is 2.33. The van der Waals surface area contributed by atoms with Gasteiger partial charge in [-0.2, -0.15) is 5.01 Å². The molecule has 0 saturated carbocycles. The maximum Gasteiger partial charge on any atom is 0.311 e. The lowest BCUT2D eigenvalue weighted by molar-refractivity contribution is -0.385. The molecule has 1 aromatic carbocycles. The molecule has 2 rings (SSSR count). The van der Waals surface area contributed by atoms with Gasteiger partial charge in [0, 0.05) is 13.0 Å². The topological polar surface area (TPSA) is 113 Å². The van der Waals surface area contributed by atoms with Gasteiger partial charge < -0.3 is 5.11 Å². The number of nitro benzene ring substituents is 1. The molecule has 0 bridgehead atoms. The number of nitrogens with zero attached hydrogens (tertiary/aromatic N) is 2. The molecule has 1 aliphatic heterocycles. The van der Waals surface area contributed by atoms with Crippen LogP contribution in [0.4, 0.5) is 5.69 Å². The molecule has 114 valence electrons. The number of phenolic OH excluding ortho intramolecular Hbond substituents is 1. The van der Waals surface area contributed by atoms with Crippen LogP contribution >= 0.6 is 24.0 Å². The standard InChI is InChI=1S/C12H9N3O5S2/c1-6(16)13-14-11(18)10(22-12(14)21)5-7-2-3-9(17)8(4-7)15(19)20/h2-5,17H,1H3,(H,13,16).